The minimum Gasteiger partial charge on any atom is -0.396 e. The van der Waals surface area contributed by atoms with E-state index in [0.717, 1.165) is 29.9 Å². The van der Waals surface area contributed by atoms with Crippen molar-refractivity contribution >= 4 is 5.69 Å². The van der Waals surface area contributed by atoms with Gasteiger partial charge in [-0.15, -0.1) is 0 Å². The van der Waals surface area contributed by atoms with E-state index in [1.54, 1.807) is 0 Å². The highest BCUT2D eigenvalue weighted by Crippen LogP contribution is 2.29. The second-order valence-corrected chi connectivity index (χ2v) is 5.36. The van der Waals surface area contributed by atoms with Gasteiger partial charge in [-0.05, 0) is 32.8 Å². The van der Waals surface area contributed by atoms with Crippen LogP contribution >= 0.6 is 0 Å². The summed E-state index contributed by atoms with van der Waals surface area (Å²) in [4.78, 5) is 4.33. The van der Waals surface area contributed by atoms with Crippen LogP contribution in [0.25, 0.3) is 0 Å². The molecule has 102 valence electrons. The van der Waals surface area contributed by atoms with Crippen molar-refractivity contribution in [2.24, 2.45) is 5.92 Å². The third kappa shape index (κ3) is 3.05. The molecule has 0 saturated heterocycles. The van der Waals surface area contributed by atoms with Crippen LogP contribution in [-0.2, 0) is 0 Å². The number of pyridine rings is 1. The first kappa shape index (κ1) is 13.8. The number of aliphatic hydroxyl groups is 1. The molecule has 1 aliphatic carbocycles. The molecule has 1 aliphatic rings. The number of nitriles is 1. The van der Waals surface area contributed by atoms with Gasteiger partial charge >= 0.3 is 0 Å². The van der Waals surface area contributed by atoms with Gasteiger partial charge in [0.15, 0.2) is 0 Å². The topological polar surface area (TPSA) is 68.9 Å². The van der Waals surface area contributed by atoms with Crippen molar-refractivity contribution < 1.29 is 5.11 Å². The maximum absolute atomic E-state index is 9.46. The van der Waals surface area contributed by atoms with Crippen molar-refractivity contribution in [1.29, 1.82) is 5.26 Å². The van der Waals surface area contributed by atoms with Crippen LogP contribution in [0.1, 0.15) is 42.6 Å². The van der Waals surface area contributed by atoms with E-state index in [1.807, 2.05) is 19.9 Å². The Bertz CT molecular complexity index is 493. The fourth-order valence-corrected chi connectivity index (χ4v) is 2.90. The van der Waals surface area contributed by atoms with Gasteiger partial charge in [0.2, 0.25) is 0 Å². The summed E-state index contributed by atoms with van der Waals surface area (Å²) >= 11 is 0. The molecule has 0 amide bonds. The smallest absolute Gasteiger partial charge is 0.103 e. The van der Waals surface area contributed by atoms with Crippen LogP contribution in [0.2, 0.25) is 0 Å². The number of nitrogens with zero attached hydrogens (tertiary/aromatic N) is 2. The monoisotopic (exact) mass is 259 g/mol. The Morgan fingerprint density at radius 2 is 2.16 bits per heavy atom. The average molecular weight is 259 g/mol. The Kier molecular flexibility index (Phi) is 4.39. The zero-order valence-electron chi connectivity index (χ0n) is 11.6. The van der Waals surface area contributed by atoms with Gasteiger partial charge in [0.25, 0.3) is 0 Å². The minimum absolute atomic E-state index is 0.211. The van der Waals surface area contributed by atoms with Crippen LogP contribution in [0, 0.1) is 31.1 Å². The van der Waals surface area contributed by atoms with Crippen molar-refractivity contribution in [3.05, 3.63) is 23.0 Å². The number of aryl methyl sites for hydroxylation is 2. The first-order chi connectivity index (χ1) is 9.15. The zero-order valence-corrected chi connectivity index (χ0v) is 11.6. The molecular weight excluding hydrogens is 238 g/mol. The maximum atomic E-state index is 9.46. The Hall–Kier alpha value is -1.60. The van der Waals surface area contributed by atoms with Crippen molar-refractivity contribution in [3.63, 3.8) is 0 Å². The van der Waals surface area contributed by atoms with Gasteiger partial charge in [0.05, 0.1) is 16.9 Å². The highest BCUT2D eigenvalue weighted by atomic mass is 16.3. The lowest BCUT2D eigenvalue weighted by atomic mass is 9.85. The lowest BCUT2D eigenvalue weighted by Gasteiger charge is -2.32. The molecule has 0 bridgehead atoms. The normalized spacial score (nSPS) is 22.8. The molecule has 4 nitrogen and oxygen atoms in total. The lowest BCUT2D eigenvalue weighted by Crippen LogP contribution is -2.34. The van der Waals surface area contributed by atoms with E-state index in [4.69, 9.17) is 0 Å². The minimum atomic E-state index is 0.211. The predicted octanol–water partition coefficient (Wildman–Crippen LogP) is 2.53. The highest BCUT2D eigenvalue weighted by molar-refractivity contribution is 5.60. The SMILES string of the molecule is Cc1cc(NC2CCCCC2CO)c(C#N)c(C)n1. The van der Waals surface area contributed by atoms with Crippen molar-refractivity contribution in [2.75, 3.05) is 11.9 Å². The first-order valence-corrected chi connectivity index (χ1v) is 6.91. The lowest BCUT2D eigenvalue weighted by molar-refractivity contribution is 0.178. The second kappa shape index (κ2) is 6.03. The molecule has 2 atom stereocenters. The van der Waals surface area contributed by atoms with Gasteiger partial charge in [-0.2, -0.15) is 5.26 Å². The van der Waals surface area contributed by atoms with Gasteiger partial charge in [-0.1, -0.05) is 12.8 Å². The second-order valence-electron chi connectivity index (χ2n) is 5.36. The molecule has 0 radical (unpaired) electrons. The molecule has 1 aromatic heterocycles. The van der Waals surface area contributed by atoms with Crippen molar-refractivity contribution in [3.8, 4) is 6.07 Å². The summed E-state index contributed by atoms with van der Waals surface area (Å²) in [5.74, 6) is 0.286. The summed E-state index contributed by atoms with van der Waals surface area (Å²) in [5.41, 5.74) is 3.16. The number of aliphatic hydroxyl groups excluding tert-OH is 1. The largest absolute Gasteiger partial charge is 0.396 e. The first-order valence-electron chi connectivity index (χ1n) is 6.91. The van der Waals surface area contributed by atoms with Crippen LogP contribution in [-0.4, -0.2) is 22.7 Å². The molecule has 0 aliphatic heterocycles. The number of hydrogen-bond acceptors (Lipinski definition) is 4. The summed E-state index contributed by atoms with van der Waals surface area (Å²) in [6.45, 7) is 4.01. The summed E-state index contributed by atoms with van der Waals surface area (Å²) in [6.07, 6.45) is 4.47. The fourth-order valence-electron chi connectivity index (χ4n) is 2.90. The number of rotatable bonds is 3. The number of nitrogens with one attached hydrogen (secondary N) is 1. The van der Waals surface area contributed by atoms with E-state index < -0.39 is 0 Å². The molecule has 2 N–H and O–H groups in total. The molecule has 2 unspecified atom stereocenters. The molecule has 1 saturated carbocycles. The Balaban J connectivity index is 2.25. The van der Waals surface area contributed by atoms with E-state index in [-0.39, 0.29) is 18.6 Å². The quantitative estimate of drug-likeness (QED) is 0.875. The third-order valence-electron chi connectivity index (χ3n) is 3.92. The standard InChI is InChI=1S/C15H21N3O/c1-10-7-15(13(8-16)11(2)17-10)18-14-6-4-3-5-12(14)9-19/h7,12,14,19H,3-6,9H2,1-2H3,(H,17,18). The molecule has 0 spiro atoms. The van der Waals surface area contributed by atoms with Gasteiger partial charge in [-0.25, -0.2) is 0 Å². The van der Waals surface area contributed by atoms with Gasteiger partial charge in [0, 0.05) is 24.3 Å². The molecular formula is C15H21N3O. The van der Waals surface area contributed by atoms with Gasteiger partial charge in [-0.3, -0.25) is 4.98 Å². The summed E-state index contributed by atoms with van der Waals surface area (Å²) in [6, 6.07) is 4.41. The van der Waals surface area contributed by atoms with Gasteiger partial charge < -0.3 is 10.4 Å². The molecule has 1 heterocycles. The fraction of sp³-hybridized carbons (Fsp3) is 0.600. The molecule has 4 heteroatoms. The summed E-state index contributed by atoms with van der Waals surface area (Å²) in [7, 11) is 0. The van der Waals surface area contributed by atoms with Crippen LogP contribution < -0.4 is 5.32 Å². The Labute approximate surface area is 114 Å². The maximum Gasteiger partial charge on any atom is 0.103 e. The Morgan fingerprint density at radius 3 is 2.84 bits per heavy atom. The van der Waals surface area contributed by atoms with E-state index >= 15 is 0 Å². The third-order valence-corrected chi connectivity index (χ3v) is 3.92. The zero-order chi connectivity index (χ0) is 13.8. The molecule has 1 fully saturated rings. The van der Waals surface area contributed by atoms with Gasteiger partial charge in [0.1, 0.15) is 6.07 Å². The highest BCUT2D eigenvalue weighted by Gasteiger charge is 2.25. The van der Waals surface area contributed by atoms with Crippen LogP contribution in [0.3, 0.4) is 0 Å². The molecule has 1 aromatic rings. The van der Waals surface area contributed by atoms with E-state index in [1.165, 1.54) is 12.8 Å². The number of aromatic nitrogens is 1. The van der Waals surface area contributed by atoms with Crippen LogP contribution in [0.4, 0.5) is 5.69 Å². The molecule has 19 heavy (non-hydrogen) atoms. The molecule has 2 rings (SSSR count). The number of hydrogen-bond donors (Lipinski definition) is 2. The predicted molar refractivity (Wildman–Crippen MR) is 74.9 cm³/mol. The van der Waals surface area contributed by atoms with Crippen LogP contribution in [0.5, 0.6) is 0 Å². The van der Waals surface area contributed by atoms with Crippen LogP contribution in [0.15, 0.2) is 6.07 Å². The van der Waals surface area contributed by atoms with Crippen molar-refractivity contribution in [1.82, 2.24) is 4.98 Å². The van der Waals surface area contributed by atoms with Crippen molar-refractivity contribution in [2.45, 2.75) is 45.6 Å². The number of anilines is 1. The summed E-state index contributed by atoms with van der Waals surface area (Å²) in [5, 5.41) is 22.2. The average Bonchev–Trinajstić information content (AvgIpc) is 2.39. The van der Waals surface area contributed by atoms with E-state index in [2.05, 4.69) is 16.4 Å². The van der Waals surface area contributed by atoms with E-state index in [9.17, 15) is 10.4 Å². The Morgan fingerprint density at radius 1 is 1.42 bits per heavy atom. The van der Waals surface area contributed by atoms with E-state index in [0.29, 0.717) is 5.56 Å². The molecule has 0 aromatic carbocycles. The summed E-state index contributed by atoms with van der Waals surface area (Å²) < 4.78 is 0.